The van der Waals surface area contributed by atoms with Gasteiger partial charge in [-0.25, -0.2) is 4.98 Å². The second-order valence-electron chi connectivity index (χ2n) is 4.70. The van der Waals surface area contributed by atoms with Gasteiger partial charge in [-0.15, -0.1) is 0 Å². The number of oxazole rings is 1. The molecule has 0 saturated carbocycles. The van der Waals surface area contributed by atoms with Gasteiger partial charge in [0.15, 0.2) is 0 Å². The van der Waals surface area contributed by atoms with Gasteiger partial charge in [0.2, 0.25) is 5.89 Å². The number of non-ortho nitro benzene ring substituents is 1. The van der Waals surface area contributed by atoms with Crippen LogP contribution in [0.25, 0.3) is 10.9 Å². The summed E-state index contributed by atoms with van der Waals surface area (Å²) in [7, 11) is 0. The van der Waals surface area contributed by atoms with Crippen LogP contribution in [0, 0.1) is 24.0 Å². The molecule has 0 saturated heterocycles. The summed E-state index contributed by atoms with van der Waals surface area (Å²) in [6.07, 6.45) is 1.68. The Balaban J connectivity index is 2.00. The topological polar surface area (TPSA) is 87.0 Å². The van der Waals surface area contributed by atoms with E-state index in [0.29, 0.717) is 23.3 Å². The van der Waals surface area contributed by atoms with Crippen molar-refractivity contribution in [3.63, 3.8) is 0 Å². The number of nitro groups is 1. The second kappa shape index (κ2) is 4.85. The molecule has 0 unspecified atom stereocenters. The number of rotatable bonds is 3. The van der Waals surface area contributed by atoms with Gasteiger partial charge in [0.05, 0.1) is 15.6 Å². The minimum Gasteiger partial charge on any atom is -0.444 e. The first-order chi connectivity index (χ1) is 9.94. The molecule has 8 heteroatoms. The zero-order valence-electron chi connectivity index (χ0n) is 11.3. The number of benzene rings is 1. The van der Waals surface area contributed by atoms with Crippen molar-refractivity contribution < 1.29 is 9.34 Å². The Kier molecular flexibility index (Phi) is 3.13. The molecule has 0 N–H and O–H groups in total. The van der Waals surface area contributed by atoms with Crippen molar-refractivity contribution in [2.24, 2.45) is 0 Å². The minimum absolute atomic E-state index is 0.0603. The summed E-state index contributed by atoms with van der Waals surface area (Å²) >= 11 is 6.03. The first-order valence-corrected chi connectivity index (χ1v) is 6.56. The van der Waals surface area contributed by atoms with E-state index < -0.39 is 4.92 Å². The standard InChI is InChI=1S/C13H11ClN4O3/c1-7-8(2)21-12(15-7)6-17-5-9-3-10(18(19)20)4-11(14)13(9)16-17/h3-5H,6H2,1-2H3. The fourth-order valence-corrected chi connectivity index (χ4v) is 2.32. The fraction of sp³-hybridized carbons (Fsp3) is 0.231. The predicted octanol–water partition coefficient (Wildman–Crippen LogP) is 3.25. The number of hydrogen-bond acceptors (Lipinski definition) is 5. The van der Waals surface area contributed by atoms with E-state index in [0.717, 1.165) is 11.5 Å². The molecule has 7 nitrogen and oxygen atoms in total. The minimum atomic E-state index is -0.483. The Morgan fingerprint density at radius 3 is 2.81 bits per heavy atom. The van der Waals surface area contributed by atoms with Crippen molar-refractivity contribution in [3.05, 3.63) is 50.8 Å². The highest BCUT2D eigenvalue weighted by atomic mass is 35.5. The van der Waals surface area contributed by atoms with Crippen molar-refractivity contribution in [2.75, 3.05) is 0 Å². The van der Waals surface area contributed by atoms with Crippen LogP contribution in [0.4, 0.5) is 5.69 Å². The normalized spacial score (nSPS) is 11.2. The molecule has 0 aliphatic heterocycles. The number of nitro benzene ring substituents is 1. The Morgan fingerprint density at radius 2 is 2.19 bits per heavy atom. The third-order valence-corrected chi connectivity index (χ3v) is 3.46. The first-order valence-electron chi connectivity index (χ1n) is 6.18. The first kappa shape index (κ1) is 13.6. The largest absolute Gasteiger partial charge is 0.444 e. The summed E-state index contributed by atoms with van der Waals surface area (Å²) in [4.78, 5) is 14.6. The summed E-state index contributed by atoms with van der Waals surface area (Å²) in [5, 5.41) is 16.0. The van der Waals surface area contributed by atoms with Gasteiger partial charge in [-0.1, -0.05) is 11.6 Å². The maximum absolute atomic E-state index is 10.8. The van der Waals surface area contributed by atoms with Crippen LogP contribution in [0.1, 0.15) is 17.3 Å². The molecule has 0 spiro atoms. The maximum atomic E-state index is 10.8. The molecule has 0 bridgehead atoms. The SMILES string of the molecule is Cc1nc(Cn2cc3cc([N+](=O)[O-])cc(Cl)c3n2)oc1C. The molecule has 0 fully saturated rings. The maximum Gasteiger partial charge on any atom is 0.271 e. The molecular formula is C13H11ClN4O3. The van der Waals surface area contributed by atoms with E-state index >= 15 is 0 Å². The van der Waals surface area contributed by atoms with Crippen molar-refractivity contribution in [1.82, 2.24) is 14.8 Å². The number of fused-ring (bicyclic) bond motifs is 1. The van der Waals surface area contributed by atoms with Gasteiger partial charge < -0.3 is 4.42 Å². The quantitative estimate of drug-likeness (QED) is 0.547. The van der Waals surface area contributed by atoms with Crippen molar-refractivity contribution in [3.8, 4) is 0 Å². The molecule has 0 amide bonds. The van der Waals surface area contributed by atoms with Gasteiger partial charge in [0.25, 0.3) is 5.69 Å². The lowest BCUT2D eigenvalue weighted by molar-refractivity contribution is -0.384. The Labute approximate surface area is 124 Å². The second-order valence-corrected chi connectivity index (χ2v) is 5.11. The van der Waals surface area contributed by atoms with Crippen molar-refractivity contribution in [2.45, 2.75) is 20.4 Å². The highest BCUT2D eigenvalue weighted by Gasteiger charge is 2.14. The van der Waals surface area contributed by atoms with E-state index in [9.17, 15) is 10.1 Å². The van der Waals surface area contributed by atoms with E-state index in [2.05, 4.69) is 10.1 Å². The van der Waals surface area contributed by atoms with Gasteiger partial charge in [-0.3, -0.25) is 14.8 Å². The van der Waals surface area contributed by atoms with Crippen LogP contribution in [0.15, 0.2) is 22.7 Å². The van der Waals surface area contributed by atoms with Crippen LogP contribution in [-0.4, -0.2) is 19.7 Å². The molecule has 3 aromatic rings. The summed E-state index contributed by atoms with van der Waals surface area (Å²) < 4.78 is 7.10. The molecule has 0 aliphatic rings. The zero-order chi connectivity index (χ0) is 15.1. The summed E-state index contributed by atoms with van der Waals surface area (Å²) in [5.74, 6) is 1.29. The fourth-order valence-electron chi connectivity index (χ4n) is 2.06. The summed E-state index contributed by atoms with van der Waals surface area (Å²) in [6, 6.07) is 2.73. The highest BCUT2D eigenvalue weighted by molar-refractivity contribution is 6.35. The molecule has 0 atom stereocenters. The molecule has 2 heterocycles. The van der Waals surface area contributed by atoms with E-state index in [1.54, 1.807) is 10.9 Å². The van der Waals surface area contributed by atoms with Crippen LogP contribution >= 0.6 is 11.6 Å². The van der Waals surface area contributed by atoms with Crippen LogP contribution in [-0.2, 0) is 6.54 Å². The third-order valence-electron chi connectivity index (χ3n) is 3.18. The molecule has 3 rings (SSSR count). The molecular weight excluding hydrogens is 296 g/mol. The number of aryl methyl sites for hydroxylation is 2. The van der Waals surface area contributed by atoms with E-state index in [1.807, 2.05) is 13.8 Å². The van der Waals surface area contributed by atoms with Gasteiger partial charge >= 0.3 is 0 Å². The average molecular weight is 307 g/mol. The highest BCUT2D eigenvalue weighted by Crippen LogP contribution is 2.28. The number of halogens is 1. The summed E-state index contributed by atoms with van der Waals surface area (Å²) in [5.41, 5.74) is 1.28. The van der Waals surface area contributed by atoms with Crippen LogP contribution < -0.4 is 0 Å². The van der Waals surface area contributed by atoms with Crippen molar-refractivity contribution >= 4 is 28.2 Å². The molecule has 21 heavy (non-hydrogen) atoms. The Hall–Kier alpha value is -2.41. The Morgan fingerprint density at radius 1 is 1.43 bits per heavy atom. The zero-order valence-corrected chi connectivity index (χ0v) is 12.1. The molecule has 1 aromatic carbocycles. The molecule has 0 radical (unpaired) electrons. The lowest BCUT2D eigenvalue weighted by Crippen LogP contribution is -2.00. The third kappa shape index (κ3) is 2.47. The van der Waals surface area contributed by atoms with Gasteiger partial charge in [-0.05, 0) is 13.8 Å². The van der Waals surface area contributed by atoms with E-state index in [-0.39, 0.29) is 10.7 Å². The monoisotopic (exact) mass is 306 g/mol. The predicted molar refractivity (Wildman–Crippen MR) is 76.5 cm³/mol. The summed E-state index contributed by atoms with van der Waals surface area (Å²) in [6.45, 7) is 4.04. The number of nitrogens with zero attached hydrogens (tertiary/aromatic N) is 4. The molecule has 2 aromatic heterocycles. The van der Waals surface area contributed by atoms with Crippen LogP contribution in [0.3, 0.4) is 0 Å². The Bertz CT molecular complexity index is 833. The lowest BCUT2D eigenvalue weighted by Gasteiger charge is -1.95. The number of hydrogen-bond donors (Lipinski definition) is 0. The molecule has 108 valence electrons. The van der Waals surface area contributed by atoms with Gasteiger partial charge in [-0.2, -0.15) is 5.10 Å². The smallest absolute Gasteiger partial charge is 0.271 e. The van der Waals surface area contributed by atoms with Crippen LogP contribution in [0.2, 0.25) is 5.02 Å². The van der Waals surface area contributed by atoms with Crippen molar-refractivity contribution in [1.29, 1.82) is 0 Å². The lowest BCUT2D eigenvalue weighted by atomic mass is 10.2. The van der Waals surface area contributed by atoms with E-state index in [4.69, 9.17) is 16.0 Å². The van der Waals surface area contributed by atoms with Gasteiger partial charge in [0.1, 0.15) is 17.8 Å². The van der Waals surface area contributed by atoms with Gasteiger partial charge in [0, 0.05) is 23.7 Å². The van der Waals surface area contributed by atoms with Crippen LogP contribution in [0.5, 0.6) is 0 Å². The average Bonchev–Trinajstić information content (AvgIpc) is 2.94. The number of aromatic nitrogens is 3. The molecule has 0 aliphatic carbocycles. The van der Waals surface area contributed by atoms with E-state index in [1.165, 1.54) is 12.1 Å².